The SMILES string of the molecule is CC(=O)N1CCC(N(CCN)C(C)C)C1. The molecule has 0 aliphatic carbocycles. The summed E-state index contributed by atoms with van der Waals surface area (Å²) in [5.41, 5.74) is 5.61. The van der Waals surface area contributed by atoms with Crippen LogP contribution in [0.4, 0.5) is 0 Å². The third kappa shape index (κ3) is 3.18. The molecule has 1 aliphatic heterocycles. The minimum Gasteiger partial charge on any atom is -0.341 e. The second-order valence-corrected chi connectivity index (χ2v) is 4.53. The molecular formula is C11H23N3O. The molecule has 1 heterocycles. The average Bonchev–Trinajstić information content (AvgIpc) is 2.62. The van der Waals surface area contributed by atoms with E-state index in [9.17, 15) is 4.79 Å². The summed E-state index contributed by atoms with van der Waals surface area (Å²) in [6, 6.07) is 1.00. The van der Waals surface area contributed by atoms with Crippen LogP contribution in [0.3, 0.4) is 0 Å². The van der Waals surface area contributed by atoms with E-state index >= 15 is 0 Å². The second-order valence-electron chi connectivity index (χ2n) is 4.53. The number of hydrogen-bond donors (Lipinski definition) is 1. The molecule has 4 heteroatoms. The zero-order valence-corrected chi connectivity index (χ0v) is 10.1. The highest BCUT2D eigenvalue weighted by atomic mass is 16.2. The number of likely N-dealkylation sites (tertiary alicyclic amines) is 1. The van der Waals surface area contributed by atoms with Gasteiger partial charge in [-0.25, -0.2) is 0 Å². The maximum absolute atomic E-state index is 11.2. The van der Waals surface area contributed by atoms with Gasteiger partial charge in [0.25, 0.3) is 0 Å². The van der Waals surface area contributed by atoms with Gasteiger partial charge in [-0.1, -0.05) is 0 Å². The monoisotopic (exact) mass is 213 g/mol. The fraction of sp³-hybridized carbons (Fsp3) is 0.909. The van der Waals surface area contributed by atoms with Crippen molar-refractivity contribution in [3.8, 4) is 0 Å². The predicted molar refractivity (Wildman–Crippen MR) is 61.6 cm³/mol. The van der Waals surface area contributed by atoms with Gasteiger partial charge in [-0.15, -0.1) is 0 Å². The van der Waals surface area contributed by atoms with Gasteiger partial charge in [-0.05, 0) is 20.3 Å². The first-order valence-electron chi connectivity index (χ1n) is 5.77. The summed E-state index contributed by atoms with van der Waals surface area (Å²) in [4.78, 5) is 15.6. The fourth-order valence-electron chi connectivity index (χ4n) is 2.31. The predicted octanol–water partition coefficient (Wildman–Crippen LogP) is 0.276. The van der Waals surface area contributed by atoms with Crippen LogP contribution in [-0.4, -0.2) is 54.0 Å². The molecule has 1 saturated heterocycles. The minimum absolute atomic E-state index is 0.189. The highest BCUT2D eigenvalue weighted by Gasteiger charge is 2.29. The molecular weight excluding hydrogens is 190 g/mol. The average molecular weight is 213 g/mol. The first-order chi connectivity index (χ1) is 7.06. The molecule has 4 nitrogen and oxygen atoms in total. The molecule has 88 valence electrons. The summed E-state index contributed by atoms with van der Waals surface area (Å²) in [6.45, 7) is 9.40. The lowest BCUT2D eigenvalue weighted by Crippen LogP contribution is -2.45. The van der Waals surface area contributed by atoms with E-state index in [2.05, 4.69) is 18.7 Å². The molecule has 0 aromatic heterocycles. The van der Waals surface area contributed by atoms with Gasteiger partial charge in [0, 0.05) is 45.2 Å². The minimum atomic E-state index is 0.189. The largest absolute Gasteiger partial charge is 0.341 e. The Labute approximate surface area is 92.4 Å². The molecule has 0 spiro atoms. The van der Waals surface area contributed by atoms with Crippen molar-refractivity contribution in [1.82, 2.24) is 9.80 Å². The van der Waals surface area contributed by atoms with Crippen molar-refractivity contribution in [3.63, 3.8) is 0 Å². The third-order valence-corrected chi connectivity index (χ3v) is 3.13. The maximum Gasteiger partial charge on any atom is 0.219 e. The number of carbonyl (C=O) groups excluding carboxylic acids is 1. The molecule has 1 amide bonds. The van der Waals surface area contributed by atoms with Gasteiger partial charge in [0.1, 0.15) is 0 Å². The molecule has 15 heavy (non-hydrogen) atoms. The lowest BCUT2D eigenvalue weighted by molar-refractivity contribution is -0.128. The van der Waals surface area contributed by atoms with E-state index in [1.165, 1.54) is 0 Å². The van der Waals surface area contributed by atoms with E-state index in [-0.39, 0.29) is 5.91 Å². The van der Waals surface area contributed by atoms with E-state index in [1.807, 2.05) is 4.90 Å². The van der Waals surface area contributed by atoms with Crippen molar-refractivity contribution < 1.29 is 4.79 Å². The second kappa shape index (κ2) is 5.47. The summed E-state index contributed by atoms with van der Waals surface area (Å²) < 4.78 is 0. The van der Waals surface area contributed by atoms with Crippen molar-refractivity contribution in [2.45, 2.75) is 39.3 Å². The van der Waals surface area contributed by atoms with Gasteiger partial charge in [-0.3, -0.25) is 9.69 Å². The highest BCUT2D eigenvalue weighted by Crippen LogP contribution is 2.17. The molecule has 0 aromatic carbocycles. The quantitative estimate of drug-likeness (QED) is 0.729. The Balaban J connectivity index is 2.52. The molecule has 0 saturated carbocycles. The van der Waals surface area contributed by atoms with Crippen LogP contribution in [0.2, 0.25) is 0 Å². The summed E-state index contributed by atoms with van der Waals surface area (Å²) in [5.74, 6) is 0.189. The van der Waals surface area contributed by atoms with E-state index in [1.54, 1.807) is 6.92 Å². The normalized spacial score (nSPS) is 21.7. The Morgan fingerprint density at radius 3 is 2.67 bits per heavy atom. The van der Waals surface area contributed by atoms with Gasteiger partial charge >= 0.3 is 0 Å². The van der Waals surface area contributed by atoms with Gasteiger partial charge in [0.05, 0.1) is 0 Å². The van der Waals surface area contributed by atoms with Crippen molar-refractivity contribution in [3.05, 3.63) is 0 Å². The van der Waals surface area contributed by atoms with Crippen LogP contribution in [0.1, 0.15) is 27.2 Å². The van der Waals surface area contributed by atoms with Crippen molar-refractivity contribution >= 4 is 5.91 Å². The highest BCUT2D eigenvalue weighted by molar-refractivity contribution is 5.73. The van der Waals surface area contributed by atoms with Crippen molar-refractivity contribution in [2.24, 2.45) is 5.73 Å². The Bertz CT molecular complexity index is 218. The molecule has 1 fully saturated rings. The molecule has 0 aromatic rings. The first-order valence-corrected chi connectivity index (χ1v) is 5.77. The van der Waals surface area contributed by atoms with Crippen LogP contribution in [0, 0.1) is 0 Å². The lowest BCUT2D eigenvalue weighted by atomic mass is 10.1. The maximum atomic E-state index is 11.2. The molecule has 1 atom stereocenters. The zero-order chi connectivity index (χ0) is 11.4. The number of nitrogens with two attached hydrogens (primary N) is 1. The molecule has 2 N–H and O–H groups in total. The fourth-order valence-corrected chi connectivity index (χ4v) is 2.31. The van der Waals surface area contributed by atoms with Crippen molar-refractivity contribution in [1.29, 1.82) is 0 Å². The van der Waals surface area contributed by atoms with E-state index < -0.39 is 0 Å². The van der Waals surface area contributed by atoms with E-state index in [0.29, 0.717) is 18.6 Å². The van der Waals surface area contributed by atoms with Crippen LogP contribution in [0.25, 0.3) is 0 Å². The van der Waals surface area contributed by atoms with Gasteiger partial charge in [-0.2, -0.15) is 0 Å². The van der Waals surface area contributed by atoms with Crippen LogP contribution >= 0.6 is 0 Å². The van der Waals surface area contributed by atoms with Crippen molar-refractivity contribution in [2.75, 3.05) is 26.2 Å². The van der Waals surface area contributed by atoms with Gasteiger partial charge in [0.15, 0.2) is 0 Å². The molecule has 0 radical (unpaired) electrons. The van der Waals surface area contributed by atoms with Gasteiger partial charge < -0.3 is 10.6 Å². The van der Waals surface area contributed by atoms with Gasteiger partial charge in [0.2, 0.25) is 5.91 Å². The zero-order valence-electron chi connectivity index (χ0n) is 10.1. The number of carbonyl (C=O) groups is 1. The molecule has 1 rings (SSSR count). The number of amides is 1. The molecule has 0 bridgehead atoms. The van der Waals surface area contributed by atoms with E-state index in [0.717, 1.165) is 26.1 Å². The van der Waals surface area contributed by atoms with E-state index in [4.69, 9.17) is 5.73 Å². The summed E-state index contributed by atoms with van der Waals surface area (Å²) in [7, 11) is 0. The standard InChI is InChI=1S/C11H23N3O/c1-9(2)14(7-5-12)11-4-6-13(8-11)10(3)15/h9,11H,4-8,12H2,1-3H3. The summed E-state index contributed by atoms with van der Waals surface area (Å²) in [5, 5.41) is 0. The Morgan fingerprint density at radius 1 is 1.60 bits per heavy atom. The number of nitrogens with zero attached hydrogens (tertiary/aromatic N) is 2. The molecule has 1 aliphatic rings. The Hall–Kier alpha value is -0.610. The Kier molecular flexibility index (Phi) is 4.54. The van der Waals surface area contributed by atoms with Crippen LogP contribution in [0.5, 0.6) is 0 Å². The summed E-state index contributed by atoms with van der Waals surface area (Å²) >= 11 is 0. The first kappa shape index (κ1) is 12.5. The third-order valence-electron chi connectivity index (χ3n) is 3.13. The smallest absolute Gasteiger partial charge is 0.219 e. The van der Waals surface area contributed by atoms with Crippen LogP contribution in [0.15, 0.2) is 0 Å². The molecule has 1 unspecified atom stereocenters. The lowest BCUT2D eigenvalue weighted by Gasteiger charge is -2.32. The van der Waals surface area contributed by atoms with Crippen LogP contribution < -0.4 is 5.73 Å². The number of rotatable bonds is 4. The Morgan fingerprint density at radius 2 is 2.27 bits per heavy atom. The number of hydrogen-bond acceptors (Lipinski definition) is 3. The topological polar surface area (TPSA) is 49.6 Å². The summed E-state index contributed by atoms with van der Waals surface area (Å²) in [6.07, 6.45) is 1.08. The van der Waals surface area contributed by atoms with Crippen LogP contribution in [-0.2, 0) is 4.79 Å².